The summed E-state index contributed by atoms with van der Waals surface area (Å²) in [6.07, 6.45) is -4.49. The quantitative estimate of drug-likeness (QED) is 0.508. The van der Waals surface area contributed by atoms with Crippen molar-refractivity contribution in [1.82, 2.24) is 10.3 Å². The molecule has 1 aromatic heterocycles. The van der Waals surface area contributed by atoms with Crippen LogP contribution in [0.2, 0.25) is 0 Å². The number of carboxylic acids is 1. The number of aromatic nitrogens is 1. The summed E-state index contributed by atoms with van der Waals surface area (Å²) in [4.78, 5) is 36.3. The summed E-state index contributed by atoms with van der Waals surface area (Å²) in [6.45, 7) is -0.558. The molecule has 4 N–H and O–H groups in total. The minimum absolute atomic E-state index is 0.0676. The highest BCUT2D eigenvalue weighted by molar-refractivity contribution is 5.92. The van der Waals surface area contributed by atoms with Gasteiger partial charge < -0.3 is 20.7 Å². The van der Waals surface area contributed by atoms with E-state index in [1.807, 2.05) is 0 Å². The standard InChI is InChI=1S/C20H16F3N3O4/c21-20(22,23)14-9-17(27)25-16-6-5-11(8-13(14)16)7-12-3-1-2-4-15(12)26-19(30)24-10-18(28)29/h1-6,8-9H,7,10H2,(H,25,27)(H,28,29)(H2,24,26,30). The van der Waals surface area contributed by atoms with Gasteiger partial charge in [-0.05, 0) is 35.7 Å². The number of H-pyrrole nitrogens is 1. The van der Waals surface area contributed by atoms with Gasteiger partial charge >= 0.3 is 18.2 Å². The van der Waals surface area contributed by atoms with E-state index in [0.29, 0.717) is 22.9 Å². The molecule has 0 atom stereocenters. The highest BCUT2D eigenvalue weighted by Gasteiger charge is 2.33. The lowest BCUT2D eigenvalue weighted by Gasteiger charge is -2.13. The van der Waals surface area contributed by atoms with Gasteiger partial charge in [-0.1, -0.05) is 24.3 Å². The number of urea groups is 1. The third-order valence-corrected chi connectivity index (χ3v) is 4.27. The van der Waals surface area contributed by atoms with Gasteiger partial charge in [0.15, 0.2) is 0 Å². The molecule has 0 saturated heterocycles. The summed E-state index contributed by atoms with van der Waals surface area (Å²) < 4.78 is 40.0. The molecular weight excluding hydrogens is 403 g/mol. The number of alkyl halides is 3. The molecule has 7 nitrogen and oxygen atoms in total. The van der Waals surface area contributed by atoms with Crippen molar-refractivity contribution < 1.29 is 27.9 Å². The first-order valence-electron chi connectivity index (χ1n) is 8.71. The van der Waals surface area contributed by atoms with Crippen LogP contribution >= 0.6 is 0 Å². The number of halogens is 3. The first kappa shape index (κ1) is 20.9. The van der Waals surface area contributed by atoms with Gasteiger partial charge in [-0.2, -0.15) is 13.2 Å². The monoisotopic (exact) mass is 419 g/mol. The number of carboxylic acid groups (broad SMARTS) is 1. The molecule has 0 bridgehead atoms. The highest BCUT2D eigenvalue weighted by atomic mass is 19.4. The van der Waals surface area contributed by atoms with Gasteiger partial charge in [0.1, 0.15) is 6.54 Å². The predicted molar refractivity (Wildman–Crippen MR) is 103 cm³/mol. The van der Waals surface area contributed by atoms with Crippen LogP contribution in [-0.4, -0.2) is 28.6 Å². The molecule has 0 unspecified atom stereocenters. The second-order valence-electron chi connectivity index (χ2n) is 6.46. The zero-order chi connectivity index (χ0) is 21.9. The Balaban J connectivity index is 1.92. The summed E-state index contributed by atoms with van der Waals surface area (Å²) in [5.41, 5.74) is -0.274. The van der Waals surface area contributed by atoms with Crippen molar-refractivity contribution in [3.63, 3.8) is 0 Å². The summed E-state index contributed by atoms with van der Waals surface area (Å²) in [6, 6.07) is 10.8. The molecule has 10 heteroatoms. The number of aromatic amines is 1. The van der Waals surface area contributed by atoms with Crippen molar-refractivity contribution in [2.24, 2.45) is 0 Å². The topological polar surface area (TPSA) is 111 Å². The van der Waals surface area contributed by atoms with Crippen LogP contribution < -0.4 is 16.2 Å². The Hall–Kier alpha value is -3.82. The second kappa shape index (κ2) is 8.27. The van der Waals surface area contributed by atoms with E-state index in [1.165, 1.54) is 12.1 Å². The summed E-state index contributed by atoms with van der Waals surface area (Å²) in [7, 11) is 0. The molecule has 3 rings (SSSR count). The molecule has 30 heavy (non-hydrogen) atoms. The average molecular weight is 419 g/mol. The Morgan fingerprint density at radius 2 is 1.80 bits per heavy atom. The number of fused-ring (bicyclic) bond motifs is 1. The maximum absolute atomic E-state index is 13.3. The van der Waals surface area contributed by atoms with Crippen LogP contribution in [0.4, 0.5) is 23.7 Å². The number of benzene rings is 2. The Labute approximate surface area is 167 Å². The molecule has 0 spiro atoms. The number of nitrogens with one attached hydrogen (secondary N) is 3. The van der Waals surface area contributed by atoms with Gasteiger partial charge in [-0.25, -0.2) is 4.79 Å². The van der Waals surface area contributed by atoms with E-state index in [9.17, 15) is 27.6 Å². The first-order chi connectivity index (χ1) is 14.1. The number of hydrogen-bond acceptors (Lipinski definition) is 3. The molecule has 0 aliphatic heterocycles. The van der Waals surface area contributed by atoms with Gasteiger partial charge in [0.2, 0.25) is 5.56 Å². The lowest BCUT2D eigenvalue weighted by atomic mass is 9.99. The normalized spacial score (nSPS) is 11.3. The molecule has 0 aliphatic carbocycles. The fourth-order valence-electron chi connectivity index (χ4n) is 2.98. The predicted octanol–water partition coefficient (Wildman–Crippen LogP) is 3.34. The minimum atomic E-state index is -4.69. The number of carbonyl (C=O) groups is 2. The van der Waals surface area contributed by atoms with E-state index < -0.39 is 35.8 Å². The van der Waals surface area contributed by atoms with Gasteiger partial charge in [-0.15, -0.1) is 0 Å². The maximum atomic E-state index is 13.3. The van der Waals surface area contributed by atoms with E-state index in [2.05, 4.69) is 15.6 Å². The zero-order valence-corrected chi connectivity index (χ0v) is 15.3. The van der Waals surface area contributed by atoms with E-state index >= 15 is 0 Å². The molecule has 156 valence electrons. The molecule has 1 heterocycles. The fraction of sp³-hybridized carbons (Fsp3) is 0.150. The summed E-state index contributed by atoms with van der Waals surface area (Å²) in [5, 5.41) is 13.2. The molecular formula is C20H16F3N3O4. The van der Waals surface area contributed by atoms with Crippen LogP contribution in [0.15, 0.2) is 53.3 Å². The SMILES string of the molecule is O=C(O)CNC(=O)Nc1ccccc1Cc1ccc2[nH]c(=O)cc(C(F)(F)F)c2c1. The number of aliphatic carboxylic acids is 1. The summed E-state index contributed by atoms with van der Waals surface area (Å²) in [5.74, 6) is -1.20. The smallest absolute Gasteiger partial charge is 0.417 e. The molecule has 0 saturated carbocycles. The molecule has 0 radical (unpaired) electrons. The number of anilines is 1. The lowest BCUT2D eigenvalue weighted by Crippen LogP contribution is -2.33. The largest absolute Gasteiger partial charge is 0.480 e. The Morgan fingerprint density at radius 3 is 2.50 bits per heavy atom. The van der Waals surface area contributed by atoms with Gasteiger partial charge in [0.25, 0.3) is 0 Å². The van der Waals surface area contributed by atoms with Crippen molar-refractivity contribution >= 4 is 28.6 Å². The van der Waals surface area contributed by atoms with E-state index in [-0.39, 0.29) is 17.3 Å². The van der Waals surface area contributed by atoms with Crippen molar-refractivity contribution in [1.29, 1.82) is 0 Å². The molecule has 0 fully saturated rings. The van der Waals surface area contributed by atoms with Crippen molar-refractivity contribution in [2.75, 3.05) is 11.9 Å². The van der Waals surface area contributed by atoms with Crippen molar-refractivity contribution in [3.8, 4) is 0 Å². The van der Waals surface area contributed by atoms with Gasteiger partial charge in [0.05, 0.1) is 5.56 Å². The second-order valence-corrected chi connectivity index (χ2v) is 6.46. The van der Waals surface area contributed by atoms with E-state index in [4.69, 9.17) is 5.11 Å². The van der Waals surface area contributed by atoms with Crippen molar-refractivity contribution in [3.05, 3.63) is 75.6 Å². The molecule has 2 amide bonds. The maximum Gasteiger partial charge on any atom is 0.417 e. The van der Waals surface area contributed by atoms with Crippen LogP contribution in [0, 0.1) is 0 Å². The van der Waals surface area contributed by atoms with Crippen LogP contribution in [0.25, 0.3) is 10.9 Å². The number of rotatable bonds is 5. The third kappa shape index (κ3) is 4.96. The third-order valence-electron chi connectivity index (χ3n) is 4.27. The Bertz CT molecular complexity index is 1170. The number of para-hydroxylation sites is 1. The van der Waals surface area contributed by atoms with E-state index in [1.54, 1.807) is 30.3 Å². The highest BCUT2D eigenvalue weighted by Crippen LogP contribution is 2.34. The van der Waals surface area contributed by atoms with Crippen LogP contribution in [-0.2, 0) is 17.4 Å². The van der Waals surface area contributed by atoms with Crippen molar-refractivity contribution in [2.45, 2.75) is 12.6 Å². The fourth-order valence-corrected chi connectivity index (χ4v) is 2.98. The number of amides is 2. The van der Waals surface area contributed by atoms with Gasteiger partial charge in [-0.3, -0.25) is 9.59 Å². The van der Waals surface area contributed by atoms with E-state index in [0.717, 1.165) is 0 Å². The molecule has 2 aromatic carbocycles. The zero-order valence-electron chi connectivity index (χ0n) is 15.3. The summed E-state index contributed by atoms with van der Waals surface area (Å²) >= 11 is 0. The number of hydrogen-bond donors (Lipinski definition) is 4. The minimum Gasteiger partial charge on any atom is -0.480 e. The Morgan fingerprint density at radius 1 is 1.07 bits per heavy atom. The molecule has 3 aromatic rings. The lowest BCUT2D eigenvalue weighted by molar-refractivity contribution is -0.137. The first-order valence-corrected chi connectivity index (χ1v) is 8.71. The van der Waals surface area contributed by atoms with Crippen LogP contribution in [0.1, 0.15) is 16.7 Å². The van der Waals surface area contributed by atoms with Gasteiger partial charge in [0, 0.05) is 22.7 Å². The molecule has 0 aliphatic rings. The Kier molecular flexibility index (Phi) is 5.77. The number of pyridine rings is 1. The van der Waals surface area contributed by atoms with Crippen LogP contribution in [0.3, 0.4) is 0 Å². The average Bonchev–Trinajstić information content (AvgIpc) is 2.67. The number of carbonyl (C=O) groups excluding carboxylic acids is 1. The van der Waals surface area contributed by atoms with Crippen LogP contribution in [0.5, 0.6) is 0 Å².